The van der Waals surface area contributed by atoms with Crippen molar-refractivity contribution in [2.75, 3.05) is 10.2 Å². The molecule has 6 nitrogen and oxygen atoms in total. The minimum absolute atomic E-state index is 0.0467. The molecule has 7 heteroatoms. The number of hydrogen-bond acceptors (Lipinski definition) is 4. The summed E-state index contributed by atoms with van der Waals surface area (Å²) in [5, 5.41) is 6.63. The van der Waals surface area contributed by atoms with E-state index in [-0.39, 0.29) is 23.8 Å². The highest BCUT2D eigenvalue weighted by Crippen LogP contribution is 2.54. The largest absolute Gasteiger partial charge is 0.324 e. The van der Waals surface area contributed by atoms with Crippen LogP contribution in [0.25, 0.3) is 0 Å². The first-order valence-corrected chi connectivity index (χ1v) is 10.1. The van der Waals surface area contributed by atoms with Gasteiger partial charge in [0.25, 0.3) is 0 Å². The molecule has 4 unspecified atom stereocenters. The Morgan fingerprint density at radius 3 is 2.41 bits per heavy atom. The van der Waals surface area contributed by atoms with Gasteiger partial charge in [0, 0.05) is 17.3 Å². The fraction of sp³-hybridized carbons (Fsp3) is 0.318. The molecule has 2 aromatic carbocycles. The normalized spacial score (nSPS) is 30.3. The van der Waals surface area contributed by atoms with E-state index in [4.69, 9.17) is 11.6 Å². The van der Waals surface area contributed by atoms with Crippen molar-refractivity contribution in [1.82, 2.24) is 5.32 Å². The molecule has 1 spiro atoms. The van der Waals surface area contributed by atoms with Gasteiger partial charge in [-0.15, -0.1) is 0 Å². The molecule has 2 fully saturated rings. The van der Waals surface area contributed by atoms with E-state index in [1.807, 2.05) is 38.1 Å². The molecule has 29 heavy (non-hydrogen) atoms. The Labute approximate surface area is 173 Å². The lowest BCUT2D eigenvalue weighted by Crippen LogP contribution is -2.54. The van der Waals surface area contributed by atoms with Crippen molar-refractivity contribution in [3.63, 3.8) is 0 Å². The Morgan fingerprint density at radius 2 is 1.69 bits per heavy atom. The van der Waals surface area contributed by atoms with Crippen molar-refractivity contribution in [3.8, 4) is 0 Å². The number of para-hydroxylation sites is 2. The minimum Gasteiger partial charge on any atom is -0.324 e. The van der Waals surface area contributed by atoms with Crippen molar-refractivity contribution < 1.29 is 14.4 Å². The van der Waals surface area contributed by atoms with Gasteiger partial charge in [-0.3, -0.25) is 19.7 Å². The minimum atomic E-state index is -1.26. The van der Waals surface area contributed by atoms with Gasteiger partial charge in [-0.25, -0.2) is 4.90 Å². The molecular weight excluding hydrogens is 390 g/mol. The third-order valence-electron chi connectivity index (χ3n) is 6.37. The zero-order valence-corrected chi connectivity index (χ0v) is 16.7. The van der Waals surface area contributed by atoms with E-state index in [0.717, 1.165) is 0 Å². The number of halogens is 1. The predicted molar refractivity (Wildman–Crippen MR) is 109 cm³/mol. The number of nitrogens with zero attached hydrogens (tertiary/aromatic N) is 1. The molecule has 3 heterocycles. The Kier molecular flexibility index (Phi) is 3.89. The van der Waals surface area contributed by atoms with Crippen LogP contribution in [0.15, 0.2) is 48.5 Å². The monoisotopic (exact) mass is 409 g/mol. The van der Waals surface area contributed by atoms with Gasteiger partial charge >= 0.3 is 0 Å². The summed E-state index contributed by atoms with van der Waals surface area (Å²) in [6, 6.07) is 13.8. The van der Waals surface area contributed by atoms with Crippen LogP contribution in [0.2, 0.25) is 5.02 Å². The van der Waals surface area contributed by atoms with Crippen molar-refractivity contribution in [3.05, 3.63) is 59.1 Å². The van der Waals surface area contributed by atoms with Crippen LogP contribution < -0.4 is 15.5 Å². The summed E-state index contributed by atoms with van der Waals surface area (Å²) in [6.45, 7) is 3.98. The lowest BCUT2D eigenvalue weighted by atomic mass is 9.76. The highest BCUT2D eigenvalue weighted by molar-refractivity contribution is 6.36. The molecule has 0 aromatic heterocycles. The zero-order chi connectivity index (χ0) is 20.5. The van der Waals surface area contributed by atoms with Crippen molar-refractivity contribution in [2.24, 2.45) is 17.8 Å². The third kappa shape index (κ3) is 2.24. The van der Waals surface area contributed by atoms with E-state index in [0.29, 0.717) is 22.0 Å². The molecule has 2 aromatic rings. The van der Waals surface area contributed by atoms with Gasteiger partial charge in [0.05, 0.1) is 22.5 Å². The summed E-state index contributed by atoms with van der Waals surface area (Å²) >= 11 is 6.31. The third-order valence-corrected chi connectivity index (χ3v) is 6.69. The molecule has 0 bridgehead atoms. The topological polar surface area (TPSA) is 78.5 Å². The second-order valence-corrected chi connectivity index (χ2v) is 8.60. The maximum atomic E-state index is 13.7. The quantitative estimate of drug-likeness (QED) is 0.747. The van der Waals surface area contributed by atoms with E-state index in [2.05, 4.69) is 10.6 Å². The maximum Gasteiger partial charge on any atom is 0.250 e. The summed E-state index contributed by atoms with van der Waals surface area (Å²) < 4.78 is 0. The number of carbonyl (C=O) groups is 3. The first-order chi connectivity index (χ1) is 13.9. The summed E-state index contributed by atoms with van der Waals surface area (Å²) in [6.07, 6.45) is 0. The number of amides is 3. The molecule has 3 aliphatic rings. The average Bonchev–Trinajstić information content (AvgIpc) is 3.28. The first kappa shape index (κ1) is 18.3. The van der Waals surface area contributed by atoms with Gasteiger partial charge in [0.15, 0.2) is 0 Å². The van der Waals surface area contributed by atoms with Gasteiger partial charge in [-0.1, -0.05) is 55.8 Å². The molecule has 2 N–H and O–H groups in total. The van der Waals surface area contributed by atoms with Crippen LogP contribution in [0.4, 0.5) is 11.4 Å². The number of rotatable bonds is 2. The van der Waals surface area contributed by atoms with E-state index in [1.54, 1.807) is 24.3 Å². The second-order valence-electron chi connectivity index (χ2n) is 8.19. The van der Waals surface area contributed by atoms with Crippen molar-refractivity contribution >= 4 is 40.7 Å². The van der Waals surface area contributed by atoms with Crippen LogP contribution in [-0.2, 0) is 19.9 Å². The molecule has 3 aliphatic heterocycles. The molecule has 148 valence electrons. The van der Waals surface area contributed by atoms with Crippen LogP contribution in [0, 0.1) is 17.8 Å². The molecule has 5 rings (SSSR count). The van der Waals surface area contributed by atoms with Crippen molar-refractivity contribution in [1.29, 1.82) is 0 Å². The van der Waals surface area contributed by atoms with Gasteiger partial charge in [0.1, 0.15) is 5.54 Å². The Morgan fingerprint density at radius 1 is 1.00 bits per heavy atom. The van der Waals surface area contributed by atoms with Crippen LogP contribution in [0.5, 0.6) is 0 Å². The highest BCUT2D eigenvalue weighted by atomic mass is 35.5. The summed E-state index contributed by atoms with van der Waals surface area (Å²) in [4.78, 5) is 41.6. The second kappa shape index (κ2) is 6.15. The standard InChI is InChI=1S/C22H20ClN3O3/c1-11(2)18-16-17(20(28)26(19(16)27)15-10-6-4-8-13(15)23)22(25-18)12-7-3-5-9-14(12)24-21(22)29/h3-11,16-18,25H,1-2H3,(H,24,29). The van der Waals surface area contributed by atoms with E-state index in [9.17, 15) is 14.4 Å². The Balaban J connectivity index is 1.71. The van der Waals surface area contributed by atoms with Crippen LogP contribution in [0.3, 0.4) is 0 Å². The lowest BCUT2D eigenvalue weighted by molar-refractivity contribution is -0.130. The number of benzene rings is 2. The molecule has 0 saturated carbocycles. The molecular formula is C22H20ClN3O3. The maximum absolute atomic E-state index is 13.7. The van der Waals surface area contributed by atoms with Crippen LogP contribution in [0.1, 0.15) is 19.4 Å². The fourth-order valence-corrected chi connectivity index (χ4v) is 5.35. The molecule has 3 amide bonds. The van der Waals surface area contributed by atoms with Gasteiger partial charge in [0.2, 0.25) is 17.7 Å². The lowest BCUT2D eigenvalue weighted by Gasteiger charge is -2.30. The first-order valence-electron chi connectivity index (χ1n) is 9.69. The van der Waals surface area contributed by atoms with E-state index in [1.165, 1.54) is 4.90 Å². The number of fused-ring (bicyclic) bond motifs is 4. The summed E-state index contributed by atoms with van der Waals surface area (Å²) in [7, 11) is 0. The Bertz CT molecular complexity index is 1070. The number of nitrogens with one attached hydrogen (secondary N) is 2. The number of hydrogen-bond donors (Lipinski definition) is 2. The SMILES string of the molecule is CC(C)C1NC2(C(=O)Nc3ccccc32)C2C(=O)N(c3ccccc3Cl)C(=O)C12. The van der Waals surface area contributed by atoms with Crippen LogP contribution >= 0.6 is 11.6 Å². The number of carbonyl (C=O) groups excluding carboxylic acids is 3. The van der Waals surface area contributed by atoms with Crippen LogP contribution in [-0.4, -0.2) is 23.8 Å². The number of imide groups is 1. The van der Waals surface area contributed by atoms with E-state index < -0.39 is 23.3 Å². The summed E-state index contributed by atoms with van der Waals surface area (Å²) in [5.74, 6) is -2.42. The van der Waals surface area contributed by atoms with Gasteiger partial charge in [-0.2, -0.15) is 0 Å². The molecule has 2 saturated heterocycles. The van der Waals surface area contributed by atoms with E-state index >= 15 is 0 Å². The summed E-state index contributed by atoms with van der Waals surface area (Å²) in [5.41, 5.74) is 0.483. The van der Waals surface area contributed by atoms with Gasteiger partial charge < -0.3 is 5.32 Å². The Hall–Kier alpha value is -2.70. The fourth-order valence-electron chi connectivity index (χ4n) is 5.13. The smallest absolute Gasteiger partial charge is 0.250 e. The van der Waals surface area contributed by atoms with Gasteiger partial charge in [-0.05, 0) is 24.1 Å². The molecule has 4 atom stereocenters. The van der Waals surface area contributed by atoms with Crippen molar-refractivity contribution in [2.45, 2.75) is 25.4 Å². The predicted octanol–water partition coefficient (Wildman–Crippen LogP) is 2.92. The average molecular weight is 410 g/mol. The number of anilines is 2. The molecule has 0 radical (unpaired) electrons. The highest BCUT2D eigenvalue weighted by Gasteiger charge is 2.71. The zero-order valence-electron chi connectivity index (χ0n) is 16.0. The molecule has 0 aliphatic carbocycles.